The van der Waals surface area contributed by atoms with Crippen molar-refractivity contribution >= 4 is 51.2 Å². The van der Waals surface area contributed by atoms with Crippen molar-refractivity contribution in [3.63, 3.8) is 0 Å². The minimum Gasteiger partial charge on any atom is -0.356 e. The molecule has 0 bridgehead atoms. The van der Waals surface area contributed by atoms with Gasteiger partial charge in [-0.1, -0.05) is 0 Å². The van der Waals surface area contributed by atoms with Crippen LogP contribution in [0.5, 0.6) is 0 Å². The molecule has 2 aromatic rings. The van der Waals surface area contributed by atoms with Crippen molar-refractivity contribution in [2.24, 2.45) is 4.99 Å². The van der Waals surface area contributed by atoms with Gasteiger partial charge in [-0.2, -0.15) is 0 Å². The summed E-state index contributed by atoms with van der Waals surface area (Å²) in [5, 5.41) is 8.84. The van der Waals surface area contributed by atoms with Gasteiger partial charge in [0.15, 0.2) is 5.96 Å². The first-order valence-corrected chi connectivity index (χ1v) is 9.18. The number of aliphatic imine (C=N–C) groups is 1. The molecule has 0 saturated heterocycles. The molecule has 0 saturated carbocycles. The van der Waals surface area contributed by atoms with Gasteiger partial charge in [-0.3, -0.25) is 4.99 Å². The maximum atomic E-state index is 4.25. The van der Waals surface area contributed by atoms with Crippen LogP contribution in [-0.4, -0.2) is 19.6 Å². The molecule has 2 aromatic heterocycles. The van der Waals surface area contributed by atoms with Crippen molar-refractivity contribution in [1.82, 2.24) is 10.6 Å². The standard InChI is InChI=1S/C14H18IN3S2/c1-10-6-8-19-12(10)9-18-14(16-2)17-7-5-11-3-4-13(15)20-11/h3-4,6,8H,5,7,9H2,1-2H3,(H2,16,17,18). The molecule has 0 amide bonds. The van der Waals surface area contributed by atoms with Gasteiger partial charge in [0.2, 0.25) is 0 Å². The minimum absolute atomic E-state index is 0.833. The summed E-state index contributed by atoms with van der Waals surface area (Å²) in [7, 11) is 1.81. The van der Waals surface area contributed by atoms with Crippen molar-refractivity contribution in [3.8, 4) is 0 Å². The van der Waals surface area contributed by atoms with Crippen LogP contribution in [0.4, 0.5) is 0 Å². The fourth-order valence-corrected chi connectivity index (χ4v) is 4.36. The number of aryl methyl sites for hydroxylation is 1. The van der Waals surface area contributed by atoms with Gasteiger partial charge in [-0.25, -0.2) is 0 Å². The van der Waals surface area contributed by atoms with E-state index in [0.29, 0.717) is 0 Å². The van der Waals surface area contributed by atoms with Crippen LogP contribution >= 0.6 is 45.3 Å². The third-order valence-corrected chi connectivity index (χ3v) is 5.88. The molecule has 0 spiro atoms. The zero-order valence-corrected chi connectivity index (χ0v) is 15.4. The fourth-order valence-electron chi connectivity index (χ4n) is 1.76. The number of hydrogen-bond acceptors (Lipinski definition) is 3. The van der Waals surface area contributed by atoms with Crippen molar-refractivity contribution < 1.29 is 0 Å². The van der Waals surface area contributed by atoms with Crippen LogP contribution in [0.1, 0.15) is 15.3 Å². The molecular weight excluding hydrogens is 401 g/mol. The zero-order chi connectivity index (χ0) is 14.4. The Morgan fingerprint density at radius 3 is 2.75 bits per heavy atom. The van der Waals surface area contributed by atoms with E-state index in [1.54, 1.807) is 11.3 Å². The van der Waals surface area contributed by atoms with Crippen molar-refractivity contribution in [2.45, 2.75) is 19.9 Å². The van der Waals surface area contributed by atoms with E-state index in [-0.39, 0.29) is 0 Å². The summed E-state index contributed by atoms with van der Waals surface area (Å²) < 4.78 is 1.34. The van der Waals surface area contributed by atoms with Gasteiger partial charge in [0.1, 0.15) is 0 Å². The lowest BCUT2D eigenvalue weighted by Gasteiger charge is -2.11. The average Bonchev–Trinajstić information content (AvgIpc) is 3.03. The summed E-state index contributed by atoms with van der Waals surface area (Å²) >= 11 is 5.99. The van der Waals surface area contributed by atoms with Crippen molar-refractivity contribution in [1.29, 1.82) is 0 Å². The molecule has 3 nitrogen and oxygen atoms in total. The predicted octanol–water partition coefficient (Wildman–Crippen LogP) is 3.63. The number of rotatable bonds is 5. The molecule has 108 valence electrons. The molecule has 0 aromatic carbocycles. The Bertz CT molecular complexity index is 574. The summed E-state index contributed by atoms with van der Waals surface area (Å²) in [6.07, 6.45) is 1.03. The Balaban J connectivity index is 1.74. The normalized spacial score (nSPS) is 11.7. The molecule has 2 rings (SSSR count). The summed E-state index contributed by atoms with van der Waals surface area (Å²) in [5.41, 5.74) is 1.34. The van der Waals surface area contributed by atoms with Gasteiger partial charge in [-0.15, -0.1) is 22.7 Å². The molecule has 0 aliphatic rings. The fraction of sp³-hybridized carbons (Fsp3) is 0.357. The van der Waals surface area contributed by atoms with Gasteiger partial charge in [0.25, 0.3) is 0 Å². The number of halogens is 1. The summed E-state index contributed by atoms with van der Waals surface area (Å²) in [5.74, 6) is 0.865. The van der Waals surface area contributed by atoms with E-state index in [9.17, 15) is 0 Å². The second-order valence-electron chi connectivity index (χ2n) is 4.34. The quantitative estimate of drug-likeness (QED) is 0.441. The van der Waals surface area contributed by atoms with Crippen LogP contribution in [0.15, 0.2) is 28.6 Å². The van der Waals surface area contributed by atoms with E-state index in [0.717, 1.165) is 25.5 Å². The second kappa shape index (κ2) is 7.99. The monoisotopic (exact) mass is 419 g/mol. The third-order valence-electron chi connectivity index (χ3n) is 2.90. The Hall–Kier alpha value is -0.600. The van der Waals surface area contributed by atoms with Crippen LogP contribution in [0.3, 0.4) is 0 Å². The number of nitrogens with zero attached hydrogens (tertiary/aromatic N) is 1. The molecule has 0 fully saturated rings. The van der Waals surface area contributed by atoms with E-state index in [2.05, 4.69) is 68.7 Å². The maximum Gasteiger partial charge on any atom is 0.191 e. The Labute approximate surface area is 141 Å². The van der Waals surface area contributed by atoms with Gasteiger partial charge >= 0.3 is 0 Å². The third kappa shape index (κ3) is 4.75. The highest BCUT2D eigenvalue weighted by molar-refractivity contribution is 14.1. The first-order valence-electron chi connectivity index (χ1n) is 6.40. The minimum atomic E-state index is 0.833. The van der Waals surface area contributed by atoms with Gasteiger partial charge < -0.3 is 10.6 Å². The highest BCUT2D eigenvalue weighted by Gasteiger charge is 2.02. The molecule has 2 heterocycles. The Kier molecular flexibility index (Phi) is 6.31. The van der Waals surface area contributed by atoms with E-state index >= 15 is 0 Å². The van der Waals surface area contributed by atoms with Crippen molar-refractivity contribution in [2.75, 3.05) is 13.6 Å². The van der Waals surface area contributed by atoms with E-state index in [1.165, 1.54) is 18.2 Å². The highest BCUT2D eigenvalue weighted by atomic mass is 127. The average molecular weight is 419 g/mol. The summed E-state index contributed by atoms with van der Waals surface area (Å²) in [6.45, 7) is 3.88. The highest BCUT2D eigenvalue weighted by Crippen LogP contribution is 2.18. The number of nitrogens with one attached hydrogen (secondary N) is 2. The molecule has 0 radical (unpaired) electrons. The molecule has 0 atom stereocenters. The lowest BCUT2D eigenvalue weighted by Crippen LogP contribution is -2.37. The smallest absolute Gasteiger partial charge is 0.191 e. The number of hydrogen-bond donors (Lipinski definition) is 2. The SMILES string of the molecule is CN=C(NCCc1ccc(I)s1)NCc1sccc1C. The van der Waals surface area contributed by atoms with Crippen LogP contribution in [0, 0.1) is 9.81 Å². The van der Waals surface area contributed by atoms with E-state index < -0.39 is 0 Å². The molecule has 20 heavy (non-hydrogen) atoms. The van der Waals surface area contributed by atoms with Gasteiger partial charge in [-0.05, 0) is 65.1 Å². The van der Waals surface area contributed by atoms with Crippen LogP contribution < -0.4 is 10.6 Å². The van der Waals surface area contributed by atoms with Crippen LogP contribution in [0.25, 0.3) is 0 Å². The Morgan fingerprint density at radius 1 is 1.30 bits per heavy atom. The second-order valence-corrected chi connectivity index (χ2v) is 8.40. The molecule has 0 unspecified atom stereocenters. The number of guanidine groups is 1. The molecule has 6 heteroatoms. The zero-order valence-electron chi connectivity index (χ0n) is 11.6. The predicted molar refractivity (Wildman–Crippen MR) is 98.0 cm³/mol. The molecule has 0 aliphatic carbocycles. The first-order chi connectivity index (χ1) is 9.69. The molecule has 0 aliphatic heterocycles. The van der Waals surface area contributed by atoms with E-state index in [1.807, 2.05) is 18.4 Å². The number of thiophene rings is 2. The van der Waals surface area contributed by atoms with Gasteiger partial charge in [0, 0.05) is 23.3 Å². The lowest BCUT2D eigenvalue weighted by atomic mass is 10.3. The van der Waals surface area contributed by atoms with E-state index in [4.69, 9.17) is 0 Å². The van der Waals surface area contributed by atoms with Gasteiger partial charge in [0.05, 0.1) is 9.43 Å². The topological polar surface area (TPSA) is 36.4 Å². The molecular formula is C14H18IN3S2. The summed E-state index contributed by atoms with van der Waals surface area (Å²) in [6, 6.07) is 6.50. The maximum absolute atomic E-state index is 4.25. The van der Waals surface area contributed by atoms with Crippen LogP contribution in [-0.2, 0) is 13.0 Å². The molecule has 2 N–H and O–H groups in total. The first kappa shape index (κ1) is 15.8. The summed E-state index contributed by atoms with van der Waals surface area (Å²) in [4.78, 5) is 7.03. The Morgan fingerprint density at radius 2 is 2.15 bits per heavy atom. The largest absolute Gasteiger partial charge is 0.356 e. The van der Waals surface area contributed by atoms with Crippen LogP contribution in [0.2, 0.25) is 0 Å². The van der Waals surface area contributed by atoms with Crippen molar-refractivity contribution in [3.05, 3.63) is 41.8 Å². The lowest BCUT2D eigenvalue weighted by molar-refractivity contribution is 0.803.